The van der Waals surface area contributed by atoms with E-state index in [4.69, 9.17) is 25.6 Å². The number of ether oxygens (including phenoxy) is 1. The summed E-state index contributed by atoms with van der Waals surface area (Å²) in [5.74, 6) is -2.80. The fourth-order valence-electron chi connectivity index (χ4n) is 4.47. The Hall–Kier alpha value is -4.37. The van der Waals surface area contributed by atoms with E-state index in [9.17, 15) is 27.9 Å². The minimum absolute atomic E-state index is 0.0566. The number of amides is 2. The van der Waals surface area contributed by atoms with E-state index >= 15 is 0 Å². The van der Waals surface area contributed by atoms with Gasteiger partial charge in [0.15, 0.2) is 10.8 Å². The number of carboxylic acids is 1. The zero-order valence-corrected chi connectivity index (χ0v) is 25.9. The van der Waals surface area contributed by atoms with Crippen molar-refractivity contribution in [2.45, 2.75) is 44.0 Å². The summed E-state index contributed by atoms with van der Waals surface area (Å²) in [6.07, 6.45) is -0.771. The third-order valence-electron chi connectivity index (χ3n) is 6.89. The summed E-state index contributed by atoms with van der Waals surface area (Å²) in [4.78, 5) is 53.4. The molecule has 2 fully saturated rings. The summed E-state index contributed by atoms with van der Waals surface area (Å²) >= 11 is 0.956. The van der Waals surface area contributed by atoms with E-state index in [1.807, 2.05) is 7.05 Å². The molecule has 1 aromatic heterocycles. The monoisotopic (exact) mass is 668 g/mol. The van der Waals surface area contributed by atoms with Crippen molar-refractivity contribution in [2.24, 2.45) is 15.9 Å². The van der Waals surface area contributed by atoms with Gasteiger partial charge in [0.2, 0.25) is 0 Å². The van der Waals surface area contributed by atoms with Crippen molar-refractivity contribution in [3.05, 3.63) is 40.9 Å². The average molecular weight is 669 g/mol. The molecule has 2 aromatic rings. The van der Waals surface area contributed by atoms with Crippen LogP contribution in [0.25, 0.3) is 0 Å². The number of carboxylic acid groups (broad SMARTS) is 1. The quantitative estimate of drug-likeness (QED) is 0.0577. The predicted molar refractivity (Wildman–Crippen MR) is 160 cm³/mol. The van der Waals surface area contributed by atoms with Crippen molar-refractivity contribution in [1.29, 1.82) is 0 Å². The first-order valence-corrected chi connectivity index (χ1v) is 15.5. The molecule has 0 aliphatic carbocycles. The molecular formula is C25H32N8O10S2. The largest absolute Gasteiger partial charge is 0.489 e. The predicted octanol–water partition coefficient (Wildman–Crippen LogP) is -0.772. The zero-order chi connectivity index (χ0) is 33.1. The van der Waals surface area contributed by atoms with Gasteiger partial charge in [0, 0.05) is 17.5 Å². The Morgan fingerprint density at radius 1 is 1.29 bits per heavy atom. The van der Waals surface area contributed by atoms with Crippen LogP contribution in [-0.4, -0.2) is 113 Å². The van der Waals surface area contributed by atoms with Gasteiger partial charge in [-0.2, -0.15) is 13.5 Å². The number of rotatable bonds is 13. The topological polar surface area (TPSA) is 262 Å². The summed E-state index contributed by atoms with van der Waals surface area (Å²) in [7, 11) is -3.00. The van der Waals surface area contributed by atoms with Crippen LogP contribution in [-0.2, 0) is 33.9 Å². The number of likely N-dealkylation sites (tertiary alicyclic amines) is 1. The van der Waals surface area contributed by atoms with Crippen molar-refractivity contribution < 1.29 is 46.3 Å². The van der Waals surface area contributed by atoms with Crippen LogP contribution in [0, 0.1) is 0 Å². The van der Waals surface area contributed by atoms with Crippen LogP contribution in [0.3, 0.4) is 0 Å². The second kappa shape index (κ2) is 13.3. The molecule has 2 amide bonds. The number of hydroxylamine groups is 2. The minimum Gasteiger partial charge on any atom is -0.489 e. The van der Waals surface area contributed by atoms with Gasteiger partial charge in [-0.3, -0.25) is 19.1 Å². The van der Waals surface area contributed by atoms with Gasteiger partial charge in [-0.05, 0) is 58.1 Å². The first-order chi connectivity index (χ1) is 21.0. The summed E-state index contributed by atoms with van der Waals surface area (Å²) < 4.78 is 40.9. The Morgan fingerprint density at radius 3 is 2.51 bits per heavy atom. The van der Waals surface area contributed by atoms with Gasteiger partial charge < -0.3 is 36.4 Å². The molecule has 3 heterocycles. The molecule has 20 heteroatoms. The molecule has 0 spiro atoms. The number of nitrogens with two attached hydrogens (primary N) is 2. The highest BCUT2D eigenvalue weighted by molar-refractivity contribution is 7.80. The lowest BCUT2D eigenvalue weighted by atomic mass is 9.84. The number of β-lactam (4-membered cyclic amide) rings is 1. The molecular weight excluding hydrogens is 636 g/mol. The van der Waals surface area contributed by atoms with E-state index in [0.29, 0.717) is 22.2 Å². The second-order valence-corrected chi connectivity index (χ2v) is 12.6. The van der Waals surface area contributed by atoms with Crippen LogP contribution in [0.2, 0.25) is 0 Å². The highest BCUT2D eigenvalue weighted by Crippen LogP contribution is 2.33. The zero-order valence-electron chi connectivity index (χ0n) is 24.3. The highest BCUT2D eigenvalue weighted by atomic mass is 32.3. The summed E-state index contributed by atoms with van der Waals surface area (Å²) in [5.41, 5.74) is 10.5. The van der Waals surface area contributed by atoms with E-state index in [-0.39, 0.29) is 16.9 Å². The molecule has 0 radical (unpaired) electrons. The minimum atomic E-state index is -5.01. The molecule has 7 N–H and O–H groups in total. The average Bonchev–Trinajstić information content (AvgIpc) is 3.58. The number of nitrogens with one attached hydrogen (secondary N) is 1. The summed E-state index contributed by atoms with van der Waals surface area (Å²) in [6.45, 7) is 3.97. The smallest absolute Gasteiger partial charge is 0.418 e. The van der Waals surface area contributed by atoms with Crippen LogP contribution in [0.1, 0.15) is 31.5 Å². The van der Waals surface area contributed by atoms with Crippen LogP contribution in [0.4, 0.5) is 5.13 Å². The van der Waals surface area contributed by atoms with Gasteiger partial charge in [-0.15, -0.1) is 15.6 Å². The number of hydrogen-bond acceptors (Lipinski definition) is 14. The highest BCUT2D eigenvalue weighted by Gasteiger charge is 2.58. The first kappa shape index (κ1) is 33.5. The van der Waals surface area contributed by atoms with E-state index in [1.54, 1.807) is 24.3 Å². The maximum absolute atomic E-state index is 13.2. The van der Waals surface area contributed by atoms with E-state index < -0.39 is 58.2 Å². The molecule has 0 bridgehead atoms. The van der Waals surface area contributed by atoms with Gasteiger partial charge in [-0.1, -0.05) is 5.16 Å². The van der Waals surface area contributed by atoms with Crippen LogP contribution < -0.4 is 21.5 Å². The lowest BCUT2D eigenvalue weighted by Gasteiger charge is -2.50. The normalized spacial score (nSPS) is 21.2. The standard InChI is InChI=1S/C25H32N8O10S2/c1-25(2)19(22(35)33(25)43-45(38,39)40)30-21(34)18(16-12-44-24(27)29-16)31-42-17(23(36)37)11-41-15-6-4-13(5-7-15)20(26)28-14-8-9-32(3)10-14/h4-7,12,14,17,19H,8-11H2,1-3H3,(H2,26,28)(H2,27,29)(H,30,34)(H,36,37)(H,38,39,40)/b31-18-/t14-,17-,19+/m0/s1. The van der Waals surface area contributed by atoms with Gasteiger partial charge in [0.1, 0.15) is 29.9 Å². The number of nitrogen functional groups attached to an aromatic ring is 1. The molecule has 18 nitrogen and oxygen atoms in total. The van der Waals surface area contributed by atoms with E-state index in [1.165, 1.54) is 19.2 Å². The fraction of sp³-hybridized carbons (Fsp3) is 0.440. The number of hydrogen-bond donors (Lipinski definition) is 5. The molecule has 0 unspecified atom stereocenters. The number of anilines is 1. The van der Waals surface area contributed by atoms with Gasteiger partial charge in [0.25, 0.3) is 17.9 Å². The number of likely N-dealkylation sites (N-methyl/N-ethyl adjacent to an activating group) is 1. The molecule has 45 heavy (non-hydrogen) atoms. The van der Waals surface area contributed by atoms with Crippen molar-refractivity contribution >= 4 is 56.2 Å². The Labute approximate surface area is 261 Å². The Bertz CT molecular complexity index is 1610. The van der Waals surface area contributed by atoms with Gasteiger partial charge in [0.05, 0.1) is 11.6 Å². The van der Waals surface area contributed by atoms with E-state index in [0.717, 1.165) is 30.8 Å². The van der Waals surface area contributed by atoms with Crippen molar-refractivity contribution in [2.75, 3.05) is 32.5 Å². The number of carbonyl (C=O) groups is 3. The van der Waals surface area contributed by atoms with Crippen molar-refractivity contribution in [3.63, 3.8) is 0 Å². The van der Waals surface area contributed by atoms with Crippen LogP contribution >= 0.6 is 11.3 Å². The lowest BCUT2D eigenvalue weighted by molar-refractivity contribution is -0.218. The Balaban J connectivity index is 1.43. The number of aliphatic carboxylic acids is 1. The molecule has 2 aliphatic rings. The fourth-order valence-corrected chi connectivity index (χ4v) is 5.47. The second-order valence-electron chi connectivity index (χ2n) is 10.7. The maximum Gasteiger partial charge on any atom is 0.418 e. The van der Waals surface area contributed by atoms with Crippen molar-refractivity contribution in [1.82, 2.24) is 20.3 Å². The third-order valence-corrected chi connectivity index (χ3v) is 7.90. The third kappa shape index (κ3) is 8.22. The molecule has 1 aromatic carbocycles. The summed E-state index contributed by atoms with van der Waals surface area (Å²) in [5, 5.41) is 17.5. The first-order valence-electron chi connectivity index (χ1n) is 13.3. The Morgan fingerprint density at radius 2 is 1.98 bits per heavy atom. The number of aliphatic imine (C=N–C) groups is 1. The van der Waals surface area contributed by atoms with Crippen molar-refractivity contribution in [3.8, 4) is 5.75 Å². The number of benzene rings is 1. The lowest BCUT2D eigenvalue weighted by Crippen LogP contribution is -2.76. The van der Waals surface area contributed by atoms with Crippen LogP contribution in [0.15, 0.2) is 39.8 Å². The number of oxime groups is 1. The number of nitrogens with zero attached hydrogens (tertiary/aromatic N) is 5. The number of thiazole rings is 1. The maximum atomic E-state index is 13.2. The Kier molecular flexibility index (Phi) is 9.92. The summed E-state index contributed by atoms with van der Waals surface area (Å²) in [6, 6.07) is 5.33. The molecule has 3 atom stereocenters. The molecule has 2 aliphatic heterocycles. The number of carbonyl (C=O) groups excluding carboxylic acids is 2. The van der Waals surface area contributed by atoms with Crippen LogP contribution in [0.5, 0.6) is 5.75 Å². The number of amidine groups is 1. The molecule has 244 valence electrons. The van der Waals surface area contributed by atoms with Gasteiger partial charge >= 0.3 is 16.4 Å². The molecule has 0 saturated carbocycles. The SMILES string of the molecule is CN1CC[C@H](N=C(N)c2ccc(OC[C@H](O/N=C(\C(=O)N[C@@H]3C(=O)N(OS(=O)(=O)O)C3(C)C)c3csc(N)n3)C(=O)O)cc2)C1. The number of aromatic nitrogens is 1. The molecule has 2 saturated heterocycles. The van der Waals surface area contributed by atoms with Gasteiger partial charge in [-0.25, -0.2) is 9.78 Å². The molecule has 4 rings (SSSR count). The van der Waals surface area contributed by atoms with E-state index in [2.05, 4.69) is 29.6 Å².